The lowest BCUT2D eigenvalue weighted by molar-refractivity contribution is -0.116. The molecule has 0 fully saturated rings. The Morgan fingerprint density at radius 2 is 2.04 bits per heavy atom. The van der Waals surface area contributed by atoms with Crippen LogP contribution in [0, 0.1) is 0 Å². The van der Waals surface area contributed by atoms with Crippen molar-refractivity contribution in [3.8, 4) is 10.4 Å². The van der Waals surface area contributed by atoms with Crippen LogP contribution >= 0.6 is 11.3 Å². The molecule has 3 rings (SSSR count). The predicted octanol–water partition coefficient (Wildman–Crippen LogP) is 4.04. The highest BCUT2D eigenvalue weighted by Crippen LogP contribution is 2.45. The van der Waals surface area contributed by atoms with E-state index in [1.807, 2.05) is 19.1 Å². The summed E-state index contributed by atoms with van der Waals surface area (Å²) >= 11 is 1.47. The molecule has 0 radical (unpaired) electrons. The fourth-order valence-electron chi connectivity index (χ4n) is 2.96. The highest BCUT2D eigenvalue weighted by atomic mass is 32.1. The largest absolute Gasteiger partial charge is 0.465 e. The molecule has 1 aromatic carbocycles. The van der Waals surface area contributed by atoms with Crippen molar-refractivity contribution in [1.82, 2.24) is 0 Å². The van der Waals surface area contributed by atoms with Crippen LogP contribution in [0.3, 0.4) is 0 Å². The zero-order valence-corrected chi connectivity index (χ0v) is 14.1. The molecule has 2 aromatic rings. The van der Waals surface area contributed by atoms with Crippen LogP contribution in [0.15, 0.2) is 24.3 Å². The molecule has 120 valence electrons. The fourth-order valence-corrected chi connectivity index (χ4v) is 4.28. The van der Waals surface area contributed by atoms with E-state index in [0.29, 0.717) is 17.0 Å². The lowest BCUT2D eigenvalue weighted by atomic mass is 9.89. The van der Waals surface area contributed by atoms with E-state index in [1.165, 1.54) is 24.0 Å². The van der Waals surface area contributed by atoms with Gasteiger partial charge < -0.3 is 10.1 Å². The molecule has 5 heteroatoms. The van der Waals surface area contributed by atoms with Crippen LogP contribution in [0.25, 0.3) is 10.4 Å². The number of aryl methyl sites for hydroxylation is 1. The molecule has 1 amide bonds. The van der Waals surface area contributed by atoms with Crippen molar-refractivity contribution in [2.75, 3.05) is 12.4 Å². The zero-order valence-electron chi connectivity index (χ0n) is 13.3. The third-order valence-corrected chi connectivity index (χ3v) is 5.21. The first-order chi connectivity index (χ1) is 11.2. The Morgan fingerprint density at radius 3 is 2.78 bits per heavy atom. The smallest absolute Gasteiger partial charge is 0.341 e. The van der Waals surface area contributed by atoms with Gasteiger partial charge >= 0.3 is 5.97 Å². The van der Waals surface area contributed by atoms with Crippen LogP contribution in [0.5, 0.6) is 0 Å². The number of ether oxygens (including phenoxy) is 1. The molecule has 0 bridgehead atoms. The average molecular weight is 329 g/mol. The van der Waals surface area contributed by atoms with Crippen molar-refractivity contribution < 1.29 is 14.3 Å². The second-order valence-electron chi connectivity index (χ2n) is 5.56. The van der Waals surface area contributed by atoms with E-state index in [2.05, 4.69) is 17.4 Å². The summed E-state index contributed by atoms with van der Waals surface area (Å²) in [6, 6.07) is 8.22. The molecule has 1 aliphatic rings. The maximum atomic E-state index is 12.3. The van der Waals surface area contributed by atoms with Crippen LogP contribution in [0.4, 0.5) is 5.00 Å². The SMILES string of the molecule is CCCC(=O)Nc1sc2c(c1C(=O)OC)CCc1ccccc1-2. The summed E-state index contributed by atoms with van der Waals surface area (Å²) in [6.45, 7) is 1.95. The normalized spacial score (nSPS) is 12.3. The number of rotatable bonds is 4. The van der Waals surface area contributed by atoms with E-state index in [1.54, 1.807) is 0 Å². The number of hydrogen-bond acceptors (Lipinski definition) is 4. The molecule has 0 spiro atoms. The van der Waals surface area contributed by atoms with Crippen molar-refractivity contribution in [1.29, 1.82) is 0 Å². The molecular weight excluding hydrogens is 310 g/mol. The minimum Gasteiger partial charge on any atom is -0.465 e. The minimum atomic E-state index is -0.381. The third kappa shape index (κ3) is 2.88. The molecule has 1 heterocycles. The Labute approximate surface area is 139 Å². The van der Waals surface area contributed by atoms with E-state index >= 15 is 0 Å². The molecule has 0 saturated heterocycles. The first-order valence-electron chi connectivity index (χ1n) is 7.77. The van der Waals surface area contributed by atoms with Gasteiger partial charge in [0.1, 0.15) is 5.00 Å². The van der Waals surface area contributed by atoms with Crippen molar-refractivity contribution in [3.63, 3.8) is 0 Å². The number of esters is 1. The summed E-state index contributed by atoms with van der Waals surface area (Å²) in [5.41, 5.74) is 3.95. The van der Waals surface area contributed by atoms with Crippen molar-refractivity contribution in [2.24, 2.45) is 0 Å². The fraction of sp³-hybridized carbons (Fsp3) is 0.333. The van der Waals surface area contributed by atoms with Gasteiger partial charge in [-0.05, 0) is 36.0 Å². The summed E-state index contributed by atoms with van der Waals surface area (Å²) in [5.74, 6) is -0.446. The number of thiophene rings is 1. The molecule has 1 aliphatic carbocycles. The average Bonchev–Trinajstić information content (AvgIpc) is 2.92. The van der Waals surface area contributed by atoms with Gasteiger partial charge in [0.25, 0.3) is 0 Å². The van der Waals surface area contributed by atoms with E-state index in [9.17, 15) is 9.59 Å². The Morgan fingerprint density at radius 1 is 1.26 bits per heavy atom. The Hall–Kier alpha value is -2.14. The number of benzene rings is 1. The van der Waals surface area contributed by atoms with Gasteiger partial charge in [-0.25, -0.2) is 4.79 Å². The second-order valence-corrected chi connectivity index (χ2v) is 6.58. The first-order valence-corrected chi connectivity index (χ1v) is 8.59. The quantitative estimate of drug-likeness (QED) is 0.861. The van der Waals surface area contributed by atoms with Gasteiger partial charge in [-0.2, -0.15) is 0 Å². The Kier molecular flexibility index (Phi) is 4.48. The van der Waals surface area contributed by atoms with Crippen LogP contribution in [-0.4, -0.2) is 19.0 Å². The highest BCUT2D eigenvalue weighted by molar-refractivity contribution is 7.20. The molecule has 1 aromatic heterocycles. The molecule has 0 atom stereocenters. The van der Waals surface area contributed by atoms with Gasteiger partial charge in [-0.1, -0.05) is 31.2 Å². The molecule has 1 N–H and O–H groups in total. The van der Waals surface area contributed by atoms with Crippen LogP contribution in [-0.2, 0) is 22.4 Å². The maximum Gasteiger partial charge on any atom is 0.341 e. The number of methoxy groups -OCH3 is 1. The number of anilines is 1. The monoisotopic (exact) mass is 329 g/mol. The van der Waals surface area contributed by atoms with Crippen molar-refractivity contribution in [2.45, 2.75) is 32.6 Å². The molecule has 0 saturated carbocycles. The predicted molar refractivity (Wildman–Crippen MR) is 92.0 cm³/mol. The van der Waals surface area contributed by atoms with E-state index in [4.69, 9.17) is 4.74 Å². The third-order valence-electron chi connectivity index (χ3n) is 4.03. The number of carbonyl (C=O) groups excluding carboxylic acids is 2. The van der Waals surface area contributed by atoms with E-state index in [-0.39, 0.29) is 11.9 Å². The molecule has 0 aliphatic heterocycles. The number of carbonyl (C=O) groups is 2. The summed E-state index contributed by atoms with van der Waals surface area (Å²) in [4.78, 5) is 25.3. The number of hydrogen-bond donors (Lipinski definition) is 1. The number of amides is 1. The maximum absolute atomic E-state index is 12.3. The first kappa shape index (κ1) is 15.7. The van der Waals surface area contributed by atoms with Crippen molar-refractivity contribution >= 4 is 28.2 Å². The number of fused-ring (bicyclic) bond motifs is 3. The molecule has 0 unspecified atom stereocenters. The summed E-state index contributed by atoms with van der Waals surface area (Å²) in [7, 11) is 1.38. The molecule has 23 heavy (non-hydrogen) atoms. The molecular formula is C18H19NO3S. The van der Waals surface area contributed by atoms with Gasteiger partial charge in [-0.15, -0.1) is 11.3 Å². The Bertz CT molecular complexity index is 764. The number of nitrogens with one attached hydrogen (secondary N) is 1. The topological polar surface area (TPSA) is 55.4 Å². The zero-order chi connectivity index (χ0) is 16.4. The highest BCUT2D eigenvalue weighted by Gasteiger charge is 2.29. The lowest BCUT2D eigenvalue weighted by Crippen LogP contribution is -2.14. The van der Waals surface area contributed by atoms with Crippen LogP contribution < -0.4 is 5.32 Å². The Balaban J connectivity index is 2.09. The summed E-state index contributed by atoms with van der Waals surface area (Å²) < 4.78 is 4.95. The summed E-state index contributed by atoms with van der Waals surface area (Å²) in [5, 5.41) is 3.50. The van der Waals surface area contributed by atoms with Crippen LogP contribution in [0.2, 0.25) is 0 Å². The minimum absolute atomic E-state index is 0.0652. The van der Waals surface area contributed by atoms with E-state index < -0.39 is 0 Å². The van der Waals surface area contributed by atoms with Gasteiger partial charge in [0.15, 0.2) is 0 Å². The van der Waals surface area contributed by atoms with Gasteiger partial charge in [0.2, 0.25) is 5.91 Å². The summed E-state index contributed by atoms with van der Waals surface area (Å²) in [6.07, 6.45) is 2.90. The standard InChI is InChI=1S/C18H19NO3S/c1-3-6-14(20)19-17-15(18(21)22-2)13-10-9-11-7-4-5-8-12(11)16(13)23-17/h4-5,7-8H,3,6,9-10H2,1-2H3,(H,19,20). The van der Waals surface area contributed by atoms with E-state index in [0.717, 1.165) is 35.3 Å². The second kappa shape index (κ2) is 6.54. The molecule has 4 nitrogen and oxygen atoms in total. The van der Waals surface area contributed by atoms with Gasteiger partial charge in [0.05, 0.1) is 12.7 Å². The van der Waals surface area contributed by atoms with Gasteiger partial charge in [-0.3, -0.25) is 4.79 Å². The van der Waals surface area contributed by atoms with Crippen molar-refractivity contribution in [3.05, 3.63) is 41.0 Å². The lowest BCUT2D eigenvalue weighted by Gasteiger charge is -2.16. The van der Waals surface area contributed by atoms with Gasteiger partial charge in [0, 0.05) is 11.3 Å². The van der Waals surface area contributed by atoms with Crippen LogP contribution in [0.1, 0.15) is 41.3 Å².